The second-order valence-corrected chi connectivity index (χ2v) is 4.55. The minimum Gasteiger partial charge on any atom is -0.497 e. The lowest BCUT2D eigenvalue weighted by molar-refractivity contribution is 0.397. The van der Waals surface area contributed by atoms with E-state index in [2.05, 4.69) is 10.3 Å². The molecule has 20 heavy (non-hydrogen) atoms. The number of rotatable bonds is 6. The molecule has 1 aromatic carbocycles. The lowest BCUT2D eigenvalue weighted by Crippen LogP contribution is -2.14. The third-order valence-corrected chi connectivity index (χ3v) is 3.06. The summed E-state index contributed by atoms with van der Waals surface area (Å²) in [6, 6.07) is 11.8. The molecule has 1 aromatic heterocycles. The summed E-state index contributed by atoms with van der Waals surface area (Å²) in [7, 11) is 3.34. The molecule has 0 saturated carbocycles. The maximum Gasteiger partial charge on any atom is 0.123 e. The summed E-state index contributed by atoms with van der Waals surface area (Å²) in [4.78, 5) is 4.46. The predicted molar refractivity (Wildman–Crippen MR) is 79.1 cm³/mol. The molecule has 2 aromatic rings. The van der Waals surface area contributed by atoms with Crippen LogP contribution in [0.1, 0.15) is 17.0 Å². The molecular weight excluding hydrogens is 252 g/mol. The second-order valence-electron chi connectivity index (χ2n) is 4.55. The number of nitrogens with one attached hydrogen (secondary N) is 1. The van der Waals surface area contributed by atoms with Crippen LogP contribution in [-0.2, 0) is 13.1 Å². The molecule has 0 aliphatic heterocycles. The highest BCUT2D eigenvalue weighted by Crippen LogP contribution is 2.23. The Bertz CT molecular complexity index is 570. The highest BCUT2D eigenvalue weighted by atomic mass is 16.5. The van der Waals surface area contributed by atoms with Crippen molar-refractivity contribution in [2.24, 2.45) is 0 Å². The largest absolute Gasteiger partial charge is 0.497 e. The molecule has 1 heterocycles. The zero-order valence-electron chi connectivity index (χ0n) is 12.1. The molecule has 4 nitrogen and oxygen atoms in total. The van der Waals surface area contributed by atoms with E-state index in [0.717, 1.165) is 35.0 Å². The van der Waals surface area contributed by atoms with E-state index >= 15 is 0 Å². The number of hydrogen-bond acceptors (Lipinski definition) is 4. The van der Waals surface area contributed by atoms with Crippen LogP contribution in [0.5, 0.6) is 11.5 Å². The highest BCUT2D eigenvalue weighted by Gasteiger charge is 2.05. The lowest BCUT2D eigenvalue weighted by Gasteiger charge is -2.11. The maximum absolute atomic E-state index is 5.36. The normalized spacial score (nSPS) is 10.3. The fourth-order valence-electron chi connectivity index (χ4n) is 2.04. The first kappa shape index (κ1) is 14.3. The van der Waals surface area contributed by atoms with Crippen molar-refractivity contribution < 1.29 is 9.47 Å². The van der Waals surface area contributed by atoms with Gasteiger partial charge in [-0.25, -0.2) is 0 Å². The number of hydrogen-bond donors (Lipinski definition) is 1. The van der Waals surface area contributed by atoms with Gasteiger partial charge in [0.1, 0.15) is 11.5 Å². The van der Waals surface area contributed by atoms with Gasteiger partial charge in [-0.05, 0) is 37.3 Å². The predicted octanol–water partition coefficient (Wildman–Crippen LogP) is 2.70. The Morgan fingerprint density at radius 3 is 2.60 bits per heavy atom. The number of nitrogens with zero attached hydrogens (tertiary/aromatic N) is 1. The molecule has 0 aliphatic rings. The minimum atomic E-state index is 0.704. The molecule has 0 radical (unpaired) electrons. The monoisotopic (exact) mass is 272 g/mol. The first-order valence-corrected chi connectivity index (χ1v) is 6.57. The number of ether oxygens (including phenoxy) is 2. The van der Waals surface area contributed by atoms with Gasteiger partial charge in [-0.2, -0.15) is 0 Å². The van der Waals surface area contributed by atoms with Crippen LogP contribution in [0.3, 0.4) is 0 Å². The molecule has 0 fully saturated rings. The summed E-state index contributed by atoms with van der Waals surface area (Å²) in [6.07, 6.45) is 0. The first-order chi connectivity index (χ1) is 9.72. The van der Waals surface area contributed by atoms with Crippen molar-refractivity contribution in [1.29, 1.82) is 0 Å². The van der Waals surface area contributed by atoms with Crippen LogP contribution in [0.2, 0.25) is 0 Å². The van der Waals surface area contributed by atoms with Gasteiger partial charge < -0.3 is 14.8 Å². The van der Waals surface area contributed by atoms with Crippen LogP contribution >= 0.6 is 0 Å². The van der Waals surface area contributed by atoms with Crippen LogP contribution in [0.4, 0.5) is 0 Å². The number of methoxy groups -OCH3 is 2. The average Bonchev–Trinajstić information content (AvgIpc) is 2.47. The third-order valence-electron chi connectivity index (χ3n) is 3.06. The van der Waals surface area contributed by atoms with Crippen molar-refractivity contribution in [1.82, 2.24) is 10.3 Å². The lowest BCUT2D eigenvalue weighted by atomic mass is 10.2. The molecule has 2 rings (SSSR count). The standard InChI is InChI=1S/C16H20N2O2/c1-12-5-4-6-14(18-12)11-17-10-13-9-15(19-2)7-8-16(13)20-3/h4-9,17H,10-11H2,1-3H3. The Kier molecular flexibility index (Phi) is 4.96. The van der Waals surface area contributed by atoms with E-state index < -0.39 is 0 Å². The summed E-state index contributed by atoms with van der Waals surface area (Å²) in [6.45, 7) is 3.42. The van der Waals surface area contributed by atoms with Gasteiger partial charge in [0.15, 0.2) is 0 Å². The van der Waals surface area contributed by atoms with E-state index in [1.165, 1.54) is 0 Å². The van der Waals surface area contributed by atoms with Crippen LogP contribution in [0, 0.1) is 6.92 Å². The van der Waals surface area contributed by atoms with E-state index in [9.17, 15) is 0 Å². The van der Waals surface area contributed by atoms with E-state index in [0.29, 0.717) is 6.54 Å². The van der Waals surface area contributed by atoms with Crippen molar-refractivity contribution in [3.8, 4) is 11.5 Å². The summed E-state index contributed by atoms with van der Waals surface area (Å²) >= 11 is 0. The maximum atomic E-state index is 5.36. The zero-order chi connectivity index (χ0) is 14.4. The van der Waals surface area contributed by atoms with Gasteiger partial charge in [-0.1, -0.05) is 6.07 Å². The van der Waals surface area contributed by atoms with Crippen LogP contribution in [0.25, 0.3) is 0 Å². The Morgan fingerprint density at radius 1 is 1.05 bits per heavy atom. The second kappa shape index (κ2) is 6.91. The van der Waals surface area contributed by atoms with E-state index in [1.54, 1.807) is 14.2 Å². The smallest absolute Gasteiger partial charge is 0.123 e. The molecular formula is C16H20N2O2. The Morgan fingerprint density at radius 2 is 1.90 bits per heavy atom. The van der Waals surface area contributed by atoms with Gasteiger partial charge >= 0.3 is 0 Å². The summed E-state index contributed by atoms with van der Waals surface area (Å²) in [5.41, 5.74) is 3.13. The fraction of sp³-hybridized carbons (Fsp3) is 0.312. The Labute approximate surface area is 119 Å². The van der Waals surface area contributed by atoms with Gasteiger partial charge in [-0.3, -0.25) is 4.98 Å². The molecule has 0 unspecified atom stereocenters. The topological polar surface area (TPSA) is 43.4 Å². The number of pyridine rings is 1. The molecule has 0 atom stereocenters. The van der Waals surface area contributed by atoms with Crippen molar-refractivity contribution >= 4 is 0 Å². The summed E-state index contributed by atoms with van der Waals surface area (Å²) < 4.78 is 10.6. The van der Waals surface area contributed by atoms with Crippen LogP contribution < -0.4 is 14.8 Å². The van der Waals surface area contributed by atoms with Crippen molar-refractivity contribution in [2.75, 3.05) is 14.2 Å². The minimum absolute atomic E-state index is 0.704. The molecule has 0 aliphatic carbocycles. The molecule has 0 amide bonds. The van der Waals surface area contributed by atoms with Crippen molar-refractivity contribution in [2.45, 2.75) is 20.0 Å². The first-order valence-electron chi connectivity index (χ1n) is 6.57. The summed E-state index contributed by atoms with van der Waals surface area (Å²) in [5, 5.41) is 3.37. The Hall–Kier alpha value is -2.07. The van der Waals surface area contributed by atoms with E-state index in [1.807, 2.05) is 43.3 Å². The molecule has 0 spiro atoms. The van der Waals surface area contributed by atoms with Crippen LogP contribution in [-0.4, -0.2) is 19.2 Å². The highest BCUT2D eigenvalue weighted by molar-refractivity contribution is 5.40. The zero-order valence-corrected chi connectivity index (χ0v) is 12.1. The fourth-order valence-corrected chi connectivity index (χ4v) is 2.04. The van der Waals surface area contributed by atoms with Gasteiger partial charge in [-0.15, -0.1) is 0 Å². The summed E-state index contributed by atoms with van der Waals surface area (Å²) in [5.74, 6) is 1.69. The average molecular weight is 272 g/mol. The third kappa shape index (κ3) is 3.71. The molecule has 0 saturated heterocycles. The van der Waals surface area contributed by atoms with Gasteiger partial charge in [0, 0.05) is 24.3 Å². The number of benzene rings is 1. The van der Waals surface area contributed by atoms with Crippen molar-refractivity contribution in [3.05, 3.63) is 53.3 Å². The quantitative estimate of drug-likeness (QED) is 0.878. The Balaban J connectivity index is 1.99. The molecule has 4 heteroatoms. The van der Waals surface area contributed by atoms with Gasteiger partial charge in [0.2, 0.25) is 0 Å². The van der Waals surface area contributed by atoms with Gasteiger partial charge in [0.05, 0.1) is 19.9 Å². The SMILES string of the molecule is COc1ccc(OC)c(CNCc2cccc(C)n2)c1. The molecule has 106 valence electrons. The van der Waals surface area contributed by atoms with Gasteiger partial charge in [0.25, 0.3) is 0 Å². The van der Waals surface area contributed by atoms with E-state index in [-0.39, 0.29) is 0 Å². The molecule has 0 bridgehead atoms. The van der Waals surface area contributed by atoms with Crippen LogP contribution in [0.15, 0.2) is 36.4 Å². The van der Waals surface area contributed by atoms with Crippen molar-refractivity contribution in [3.63, 3.8) is 0 Å². The number of aryl methyl sites for hydroxylation is 1. The molecule has 1 N–H and O–H groups in total. The van der Waals surface area contributed by atoms with E-state index in [4.69, 9.17) is 9.47 Å². The number of aromatic nitrogens is 1.